The lowest BCUT2D eigenvalue weighted by atomic mass is 10.3. The van der Waals surface area contributed by atoms with Gasteiger partial charge in [-0.25, -0.2) is 0 Å². The number of nitrogens with one attached hydrogen (secondary N) is 1. The van der Waals surface area contributed by atoms with E-state index < -0.39 is 0 Å². The Morgan fingerprint density at radius 1 is 1.26 bits per heavy atom. The van der Waals surface area contributed by atoms with E-state index in [1.807, 2.05) is 24.3 Å². The van der Waals surface area contributed by atoms with Crippen LogP contribution >= 0.6 is 23.1 Å². The summed E-state index contributed by atoms with van der Waals surface area (Å²) >= 11 is 3.19. The summed E-state index contributed by atoms with van der Waals surface area (Å²) in [6, 6.07) is 7.96. The molecule has 0 aliphatic heterocycles. The molecule has 6 heteroatoms. The molecule has 0 aliphatic rings. The third kappa shape index (κ3) is 4.49. The van der Waals surface area contributed by atoms with Gasteiger partial charge in [0, 0.05) is 11.4 Å². The summed E-state index contributed by atoms with van der Waals surface area (Å²) in [6.07, 6.45) is 3.17. The molecule has 0 radical (unpaired) electrons. The number of nitrogens with zero attached hydrogens (tertiary/aromatic N) is 2. The maximum absolute atomic E-state index is 5.67. The highest BCUT2D eigenvalue weighted by Crippen LogP contribution is 2.26. The number of ether oxygens (including phenoxy) is 1. The molecule has 0 fully saturated rings. The number of hydrogen-bond acceptors (Lipinski definition) is 6. The second-order valence-electron chi connectivity index (χ2n) is 3.92. The Morgan fingerprint density at radius 3 is 2.74 bits per heavy atom. The summed E-state index contributed by atoms with van der Waals surface area (Å²) in [6.45, 7) is 3.88. The molecule has 102 valence electrons. The van der Waals surface area contributed by atoms with Crippen molar-refractivity contribution in [2.75, 3.05) is 12.8 Å². The van der Waals surface area contributed by atoms with E-state index in [2.05, 4.69) is 28.7 Å². The Balaban J connectivity index is 1.91. The smallest absolute Gasteiger partial charge is 0.299 e. The van der Waals surface area contributed by atoms with Crippen molar-refractivity contribution in [2.24, 2.45) is 0 Å². The Hall–Kier alpha value is -1.11. The van der Waals surface area contributed by atoms with Gasteiger partial charge in [-0.2, -0.15) is 0 Å². The Bertz CT molecular complexity index is 499. The quantitative estimate of drug-likeness (QED) is 0.625. The van der Waals surface area contributed by atoms with Crippen LogP contribution in [0.5, 0.6) is 10.9 Å². The van der Waals surface area contributed by atoms with Gasteiger partial charge in [0.15, 0.2) is 0 Å². The average molecular weight is 295 g/mol. The molecule has 0 unspecified atom stereocenters. The summed E-state index contributed by atoms with van der Waals surface area (Å²) < 4.78 is 5.67. The molecular formula is C13H17N3OS2. The second-order valence-corrected chi connectivity index (χ2v) is 5.82. The average Bonchev–Trinajstić information content (AvgIpc) is 2.88. The molecule has 0 aliphatic carbocycles. The maximum Gasteiger partial charge on any atom is 0.299 e. The van der Waals surface area contributed by atoms with Gasteiger partial charge in [0.25, 0.3) is 5.19 Å². The summed E-state index contributed by atoms with van der Waals surface area (Å²) in [5.74, 6) is 0.794. The minimum atomic E-state index is 0.588. The molecule has 0 saturated carbocycles. The third-order valence-electron chi connectivity index (χ3n) is 2.42. The lowest BCUT2D eigenvalue weighted by molar-refractivity contribution is 0.472. The van der Waals surface area contributed by atoms with Crippen LogP contribution < -0.4 is 10.1 Å². The van der Waals surface area contributed by atoms with Crippen molar-refractivity contribution in [3.8, 4) is 10.9 Å². The molecule has 2 rings (SSSR count). The number of thioether (sulfide) groups is 1. The number of rotatable bonds is 7. The summed E-state index contributed by atoms with van der Waals surface area (Å²) in [5.41, 5.74) is 0. The fraction of sp³-hybridized carbons (Fsp3) is 0.385. The zero-order valence-corrected chi connectivity index (χ0v) is 12.7. The first kappa shape index (κ1) is 14.3. The summed E-state index contributed by atoms with van der Waals surface area (Å²) in [5, 5.41) is 13.0. The van der Waals surface area contributed by atoms with Crippen molar-refractivity contribution in [3.63, 3.8) is 0 Å². The third-order valence-corrected chi connectivity index (χ3v) is 3.96. The highest BCUT2D eigenvalue weighted by molar-refractivity contribution is 7.98. The molecule has 0 atom stereocenters. The van der Waals surface area contributed by atoms with Crippen molar-refractivity contribution in [1.29, 1.82) is 0 Å². The SMILES string of the molecule is CCCNCc1nnc(Oc2ccc(SC)cc2)s1. The fourth-order valence-electron chi connectivity index (χ4n) is 1.47. The topological polar surface area (TPSA) is 47.0 Å². The molecule has 1 N–H and O–H groups in total. The van der Waals surface area contributed by atoms with Gasteiger partial charge in [0.1, 0.15) is 10.8 Å². The lowest BCUT2D eigenvalue weighted by Crippen LogP contribution is -2.13. The van der Waals surface area contributed by atoms with Crippen LogP contribution in [-0.4, -0.2) is 23.0 Å². The largest absolute Gasteiger partial charge is 0.430 e. The Morgan fingerprint density at radius 2 is 2.05 bits per heavy atom. The first-order chi connectivity index (χ1) is 9.31. The predicted octanol–water partition coefficient (Wildman–Crippen LogP) is 3.55. The van der Waals surface area contributed by atoms with Crippen LogP contribution in [0.25, 0.3) is 0 Å². The zero-order valence-electron chi connectivity index (χ0n) is 11.0. The molecule has 1 heterocycles. The van der Waals surface area contributed by atoms with Crippen LogP contribution in [0.2, 0.25) is 0 Å². The first-order valence-corrected chi connectivity index (χ1v) is 8.21. The Kier molecular flexibility index (Phi) is 5.62. The van der Waals surface area contributed by atoms with Crippen LogP contribution in [0.3, 0.4) is 0 Å². The highest BCUT2D eigenvalue weighted by atomic mass is 32.2. The van der Waals surface area contributed by atoms with Crippen molar-refractivity contribution >= 4 is 23.1 Å². The zero-order chi connectivity index (χ0) is 13.5. The van der Waals surface area contributed by atoms with E-state index in [4.69, 9.17) is 4.74 Å². The molecule has 0 bridgehead atoms. The molecular weight excluding hydrogens is 278 g/mol. The molecule has 2 aromatic rings. The molecule has 0 saturated heterocycles. The van der Waals surface area contributed by atoms with E-state index in [1.54, 1.807) is 11.8 Å². The van der Waals surface area contributed by atoms with Crippen LogP contribution in [0.15, 0.2) is 29.2 Å². The van der Waals surface area contributed by atoms with Crippen LogP contribution in [0.4, 0.5) is 0 Å². The molecule has 19 heavy (non-hydrogen) atoms. The van der Waals surface area contributed by atoms with Gasteiger partial charge in [0.2, 0.25) is 0 Å². The lowest BCUT2D eigenvalue weighted by Gasteiger charge is -2.01. The van der Waals surface area contributed by atoms with E-state index >= 15 is 0 Å². The summed E-state index contributed by atoms with van der Waals surface area (Å²) in [4.78, 5) is 1.22. The van der Waals surface area contributed by atoms with Gasteiger partial charge in [-0.3, -0.25) is 0 Å². The van der Waals surface area contributed by atoms with E-state index in [1.165, 1.54) is 16.2 Å². The van der Waals surface area contributed by atoms with E-state index in [0.29, 0.717) is 5.19 Å². The van der Waals surface area contributed by atoms with Gasteiger partial charge < -0.3 is 10.1 Å². The predicted molar refractivity (Wildman–Crippen MR) is 80.2 cm³/mol. The number of benzene rings is 1. The molecule has 0 spiro atoms. The van der Waals surface area contributed by atoms with Crippen molar-refractivity contribution in [1.82, 2.24) is 15.5 Å². The molecule has 1 aromatic carbocycles. The normalized spacial score (nSPS) is 10.6. The molecule has 4 nitrogen and oxygen atoms in total. The standard InChI is InChI=1S/C13H17N3OS2/c1-3-8-14-9-12-15-16-13(19-12)17-10-4-6-11(18-2)7-5-10/h4-7,14H,3,8-9H2,1-2H3. The Labute approximate surface area is 121 Å². The van der Waals surface area contributed by atoms with Gasteiger partial charge in [-0.15, -0.1) is 16.9 Å². The number of hydrogen-bond donors (Lipinski definition) is 1. The van der Waals surface area contributed by atoms with E-state index in [-0.39, 0.29) is 0 Å². The van der Waals surface area contributed by atoms with Gasteiger partial charge in [-0.05, 0) is 43.5 Å². The van der Waals surface area contributed by atoms with Crippen LogP contribution in [0, 0.1) is 0 Å². The molecule has 1 aromatic heterocycles. The number of aromatic nitrogens is 2. The minimum absolute atomic E-state index is 0.588. The maximum atomic E-state index is 5.67. The first-order valence-electron chi connectivity index (χ1n) is 6.17. The van der Waals surface area contributed by atoms with Gasteiger partial charge in [-0.1, -0.05) is 23.4 Å². The van der Waals surface area contributed by atoms with E-state index in [0.717, 1.165) is 30.3 Å². The van der Waals surface area contributed by atoms with Crippen molar-refractivity contribution < 1.29 is 4.74 Å². The second kappa shape index (κ2) is 7.47. The van der Waals surface area contributed by atoms with E-state index in [9.17, 15) is 0 Å². The van der Waals surface area contributed by atoms with Crippen LogP contribution in [-0.2, 0) is 6.54 Å². The highest BCUT2D eigenvalue weighted by Gasteiger charge is 2.06. The van der Waals surface area contributed by atoms with Crippen molar-refractivity contribution in [3.05, 3.63) is 29.3 Å². The fourth-order valence-corrected chi connectivity index (χ4v) is 2.55. The monoisotopic (exact) mass is 295 g/mol. The van der Waals surface area contributed by atoms with Crippen LogP contribution in [0.1, 0.15) is 18.4 Å². The minimum Gasteiger partial charge on any atom is -0.430 e. The van der Waals surface area contributed by atoms with Gasteiger partial charge >= 0.3 is 0 Å². The van der Waals surface area contributed by atoms with Crippen molar-refractivity contribution in [2.45, 2.75) is 24.8 Å². The van der Waals surface area contributed by atoms with Gasteiger partial charge in [0.05, 0.1) is 0 Å². The molecule has 0 amide bonds. The summed E-state index contributed by atoms with van der Waals surface area (Å²) in [7, 11) is 0.